The van der Waals surface area contributed by atoms with E-state index < -0.39 is 0 Å². The molecule has 2 N–H and O–H groups in total. The van der Waals surface area contributed by atoms with Crippen molar-refractivity contribution in [2.75, 3.05) is 13.6 Å². The molecular weight excluding hydrogens is 198 g/mol. The summed E-state index contributed by atoms with van der Waals surface area (Å²) in [5.41, 5.74) is 8.28. The first-order valence-electron chi connectivity index (χ1n) is 6.03. The number of nitrogens with two attached hydrogens (primary N) is 1. The van der Waals surface area contributed by atoms with Crippen LogP contribution in [0.1, 0.15) is 24.1 Å². The third-order valence-corrected chi connectivity index (χ3v) is 3.49. The van der Waals surface area contributed by atoms with E-state index in [0.717, 1.165) is 19.0 Å². The number of aryl methyl sites for hydroxylation is 1. The highest BCUT2D eigenvalue weighted by atomic mass is 15.2. The summed E-state index contributed by atoms with van der Waals surface area (Å²) < 4.78 is 0. The van der Waals surface area contributed by atoms with E-state index in [2.05, 4.69) is 29.9 Å². The van der Waals surface area contributed by atoms with Gasteiger partial charge < -0.3 is 5.73 Å². The van der Waals surface area contributed by atoms with Crippen LogP contribution in [0.5, 0.6) is 0 Å². The van der Waals surface area contributed by atoms with Gasteiger partial charge in [0.2, 0.25) is 0 Å². The van der Waals surface area contributed by atoms with Crippen LogP contribution in [0.2, 0.25) is 0 Å². The Kier molecular flexibility index (Phi) is 3.56. The predicted octanol–water partition coefficient (Wildman–Crippen LogP) is 1.56. The van der Waals surface area contributed by atoms with Crippen LogP contribution in [0.4, 0.5) is 0 Å². The number of likely N-dealkylation sites (N-methyl/N-ethyl adjacent to an activating group) is 1. The van der Waals surface area contributed by atoms with Crippen molar-refractivity contribution >= 4 is 0 Å². The van der Waals surface area contributed by atoms with Crippen molar-refractivity contribution in [3.05, 3.63) is 29.6 Å². The molecule has 0 aromatic carbocycles. The molecule has 1 heterocycles. The summed E-state index contributed by atoms with van der Waals surface area (Å²) in [5.74, 6) is 0.819. The Morgan fingerprint density at radius 3 is 2.88 bits per heavy atom. The molecule has 0 bridgehead atoms. The lowest BCUT2D eigenvalue weighted by molar-refractivity contribution is 0.213. The Morgan fingerprint density at radius 2 is 2.31 bits per heavy atom. The molecule has 2 rings (SSSR count). The molecule has 1 aliphatic carbocycles. The van der Waals surface area contributed by atoms with Crippen molar-refractivity contribution < 1.29 is 0 Å². The molecule has 1 unspecified atom stereocenters. The van der Waals surface area contributed by atoms with E-state index in [0.29, 0.717) is 6.04 Å². The van der Waals surface area contributed by atoms with Crippen LogP contribution in [-0.4, -0.2) is 29.5 Å². The number of hydrogen-bond donors (Lipinski definition) is 1. The average Bonchev–Trinajstić information content (AvgIpc) is 3.07. The molecule has 0 aliphatic heterocycles. The SMILES string of the molecule is Cc1cccnc1CN(C)C(CN)C1CC1. The standard InChI is InChI=1S/C13H21N3/c1-10-4-3-7-15-12(10)9-16(2)13(8-14)11-5-6-11/h3-4,7,11,13H,5-6,8-9,14H2,1-2H3. The fourth-order valence-corrected chi connectivity index (χ4v) is 2.25. The van der Waals surface area contributed by atoms with Crippen LogP contribution in [-0.2, 0) is 6.54 Å². The van der Waals surface area contributed by atoms with Crippen LogP contribution < -0.4 is 5.73 Å². The largest absolute Gasteiger partial charge is 0.329 e. The number of nitrogens with zero attached hydrogens (tertiary/aromatic N) is 2. The Bertz CT molecular complexity index is 347. The van der Waals surface area contributed by atoms with E-state index in [1.165, 1.54) is 24.1 Å². The maximum atomic E-state index is 5.84. The Labute approximate surface area is 97.7 Å². The molecule has 1 fully saturated rings. The van der Waals surface area contributed by atoms with Crippen LogP contribution in [0, 0.1) is 12.8 Å². The average molecular weight is 219 g/mol. The molecule has 0 spiro atoms. The summed E-state index contributed by atoms with van der Waals surface area (Å²) in [7, 11) is 2.16. The first-order valence-corrected chi connectivity index (χ1v) is 6.03. The van der Waals surface area contributed by atoms with Crippen LogP contribution in [0.15, 0.2) is 18.3 Å². The minimum atomic E-state index is 0.529. The Morgan fingerprint density at radius 1 is 1.56 bits per heavy atom. The van der Waals surface area contributed by atoms with Gasteiger partial charge in [-0.15, -0.1) is 0 Å². The molecule has 0 radical (unpaired) electrons. The molecule has 1 aromatic heterocycles. The first-order chi connectivity index (χ1) is 7.72. The number of aromatic nitrogens is 1. The van der Waals surface area contributed by atoms with Gasteiger partial charge >= 0.3 is 0 Å². The maximum Gasteiger partial charge on any atom is 0.0573 e. The monoisotopic (exact) mass is 219 g/mol. The molecule has 16 heavy (non-hydrogen) atoms. The van der Waals surface area contributed by atoms with Gasteiger partial charge in [-0.05, 0) is 44.4 Å². The summed E-state index contributed by atoms with van der Waals surface area (Å²) >= 11 is 0. The summed E-state index contributed by atoms with van der Waals surface area (Å²) in [6.45, 7) is 3.78. The fraction of sp³-hybridized carbons (Fsp3) is 0.615. The highest BCUT2D eigenvalue weighted by Gasteiger charge is 2.32. The highest BCUT2D eigenvalue weighted by Crippen LogP contribution is 2.34. The van der Waals surface area contributed by atoms with Gasteiger partial charge in [0, 0.05) is 25.3 Å². The van der Waals surface area contributed by atoms with Crippen molar-refractivity contribution in [1.29, 1.82) is 0 Å². The quantitative estimate of drug-likeness (QED) is 0.817. The van der Waals surface area contributed by atoms with Gasteiger partial charge in [-0.2, -0.15) is 0 Å². The molecule has 1 aliphatic rings. The lowest BCUT2D eigenvalue weighted by Gasteiger charge is -2.27. The molecule has 3 nitrogen and oxygen atoms in total. The zero-order valence-electron chi connectivity index (χ0n) is 10.2. The number of pyridine rings is 1. The molecular formula is C13H21N3. The summed E-state index contributed by atoms with van der Waals surface area (Å²) in [4.78, 5) is 6.79. The summed E-state index contributed by atoms with van der Waals surface area (Å²) in [6, 6.07) is 4.63. The topological polar surface area (TPSA) is 42.2 Å². The molecule has 1 aromatic rings. The molecule has 3 heteroatoms. The molecule has 0 amide bonds. The second-order valence-electron chi connectivity index (χ2n) is 4.82. The summed E-state index contributed by atoms with van der Waals surface area (Å²) in [6.07, 6.45) is 4.55. The van der Waals surface area contributed by atoms with E-state index >= 15 is 0 Å². The third kappa shape index (κ3) is 2.60. The van der Waals surface area contributed by atoms with Crippen molar-refractivity contribution in [2.45, 2.75) is 32.4 Å². The normalized spacial score (nSPS) is 17.8. The van der Waals surface area contributed by atoms with Gasteiger partial charge in [0.05, 0.1) is 5.69 Å². The Hall–Kier alpha value is -0.930. The van der Waals surface area contributed by atoms with Gasteiger partial charge in [0.15, 0.2) is 0 Å². The van der Waals surface area contributed by atoms with E-state index in [4.69, 9.17) is 5.73 Å². The van der Waals surface area contributed by atoms with Crippen LogP contribution in [0.3, 0.4) is 0 Å². The zero-order chi connectivity index (χ0) is 11.5. The second-order valence-corrected chi connectivity index (χ2v) is 4.82. The number of rotatable bonds is 5. The zero-order valence-corrected chi connectivity index (χ0v) is 10.2. The third-order valence-electron chi connectivity index (χ3n) is 3.49. The van der Waals surface area contributed by atoms with E-state index in [1.54, 1.807) is 0 Å². The number of hydrogen-bond acceptors (Lipinski definition) is 3. The molecule has 88 valence electrons. The fourth-order valence-electron chi connectivity index (χ4n) is 2.25. The lowest BCUT2D eigenvalue weighted by atomic mass is 10.1. The van der Waals surface area contributed by atoms with Crippen molar-refractivity contribution in [2.24, 2.45) is 11.7 Å². The van der Waals surface area contributed by atoms with Crippen LogP contribution in [0.25, 0.3) is 0 Å². The highest BCUT2D eigenvalue weighted by molar-refractivity contribution is 5.17. The van der Waals surface area contributed by atoms with Gasteiger partial charge in [0.1, 0.15) is 0 Å². The van der Waals surface area contributed by atoms with E-state index in [1.807, 2.05) is 12.3 Å². The minimum absolute atomic E-state index is 0.529. The summed E-state index contributed by atoms with van der Waals surface area (Å²) in [5, 5.41) is 0. The molecule has 0 saturated heterocycles. The van der Waals surface area contributed by atoms with Gasteiger partial charge in [-0.3, -0.25) is 9.88 Å². The molecule has 1 saturated carbocycles. The lowest BCUT2D eigenvalue weighted by Crippen LogP contribution is -2.39. The van der Waals surface area contributed by atoms with Crippen LogP contribution >= 0.6 is 0 Å². The van der Waals surface area contributed by atoms with Crippen molar-refractivity contribution in [3.63, 3.8) is 0 Å². The maximum absolute atomic E-state index is 5.84. The first kappa shape index (κ1) is 11.6. The van der Waals surface area contributed by atoms with Gasteiger partial charge in [0.25, 0.3) is 0 Å². The minimum Gasteiger partial charge on any atom is -0.329 e. The van der Waals surface area contributed by atoms with Crippen molar-refractivity contribution in [1.82, 2.24) is 9.88 Å². The molecule has 1 atom stereocenters. The van der Waals surface area contributed by atoms with Gasteiger partial charge in [-0.25, -0.2) is 0 Å². The predicted molar refractivity (Wildman–Crippen MR) is 66.0 cm³/mol. The second kappa shape index (κ2) is 4.93. The van der Waals surface area contributed by atoms with E-state index in [-0.39, 0.29) is 0 Å². The van der Waals surface area contributed by atoms with E-state index in [9.17, 15) is 0 Å². The van der Waals surface area contributed by atoms with Gasteiger partial charge in [-0.1, -0.05) is 6.07 Å². The Balaban J connectivity index is 2.00. The smallest absolute Gasteiger partial charge is 0.0573 e. The van der Waals surface area contributed by atoms with Crippen molar-refractivity contribution in [3.8, 4) is 0 Å².